The monoisotopic (exact) mass is 364 g/mol. The van der Waals surface area contributed by atoms with Crippen molar-refractivity contribution >= 4 is 17.2 Å². The molecule has 1 amide bonds. The van der Waals surface area contributed by atoms with Gasteiger partial charge in [-0.15, -0.1) is 0 Å². The average molecular weight is 364 g/mol. The predicted octanol–water partition coefficient (Wildman–Crippen LogP) is 4.09. The third-order valence-electron chi connectivity index (χ3n) is 4.65. The Kier molecular flexibility index (Phi) is 5.22. The summed E-state index contributed by atoms with van der Waals surface area (Å²) in [5.41, 5.74) is 5.73. The molecule has 2 aromatic heterocycles. The van der Waals surface area contributed by atoms with Gasteiger partial charge >= 0.3 is 0 Å². The lowest BCUT2D eigenvalue weighted by Gasteiger charge is -2.19. The van der Waals surface area contributed by atoms with Gasteiger partial charge in [0.15, 0.2) is 0 Å². The molecule has 0 radical (unpaired) electrons. The maximum absolute atomic E-state index is 12.6. The van der Waals surface area contributed by atoms with E-state index in [4.69, 9.17) is 0 Å². The lowest BCUT2D eigenvalue weighted by Crippen LogP contribution is -2.30. The molecule has 0 bridgehead atoms. The number of anilines is 1. The van der Waals surface area contributed by atoms with Crippen molar-refractivity contribution in [3.8, 4) is 0 Å². The molecule has 5 heteroatoms. The Hall–Kier alpha value is -2.82. The number of rotatable bonds is 5. The normalized spacial score (nSPS) is 11.6. The van der Waals surface area contributed by atoms with Gasteiger partial charge in [-0.3, -0.25) is 9.20 Å². The molecule has 5 nitrogen and oxygen atoms in total. The van der Waals surface area contributed by atoms with Gasteiger partial charge in [0.05, 0.1) is 5.69 Å². The first kappa shape index (κ1) is 19.0. The number of aromatic nitrogens is 2. The van der Waals surface area contributed by atoms with Crippen molar-refractivity contribution < 1.29 is 4.79 Å². The van der Waals surface area contributed by atoms with E-state index in [2.05, 4.69) is 60.7 Å². The van der Waals surface area contributed by atoms with Crippen LogP contribution >= 0.6 is 0 Å². The summed E-state index contributed by atoms with van der Waals surface area (Å²) in [6.45, 7) is 11.7. The van der Waals surface area contributed by atoms with Crippen LogP contribution in [0.4, 0.5) is 5.69 Å². The summed E-state index contributed by atoms with van der Waals surface area (Å²) in [4.78, 5) is 17.1. The third-order valence-corrected chi connectivity index (χ3v) is 4.65. The minimum Gasteiger partial charge on any atom is -0.383 e. The van der Waals surface area contributed by atoms with Crippen molar-refractivity contribution in [3.05, 3.63) is 65.1 Å². The zero-order valence-electron chi connectivity index (χ0n) is 16.8. The van der Waals surface area contributed by atoms with Gasteiger partial charge < -0.3 is 10.6 Å². The van der Waals surface area contributed by atoms with E-state index in [1.807, 2.05) is 36.6 Å². The van der Waals surface area contributed by atoms with Gasteiger partial charge in [-0.25, -0.2) is 4.98 Å². The number of carbonyl (C=O) groups is 1. The fraction of sp³-hybridized carbons (Fsp3) is 0.364. The molecule has 142 valence electrons. The van der Waals surface area contributed by atoms with Crippen molar-refractivity contribution in [2.24, 2.45) is 0 Å². The first-order valence-corrected chi connectivity index (χ1v) is 9.33. The van der Waals surface area contributed by atoms with E-state index < -0.39 is 0 Å². The first-order chi connectivity index (χ1) is 12.8. The molecule has 0 aliphatic carbocycles. The van der Waals surface area contributed by atoms with Gasteiger partial charge in [-0.1, -0.05) is 39.0 Å². The van der Waals surface area contributed by atoms with Crippen LogP contribution < -0.4 is 10.6 Å². The number of carbonyl (C=O) groups excluding carboxylic acids is 1. The topological polar surface area (TPSA) is 58.4 Å². The van der Waals surface area contributed by atoms with Crippen LogP contribution in [-0.2, 0) is 5.41 Å². The number of amides is 1. The van der Waals surface area contributed by atoms with Gasteiger partial charge in [-0.05, 0) is 48.6 Å². The molecule has 0 aliphatic heterocycles. The van der Waals surface area contributed by atoms with Crippen LogP contribution in [0.5, 0.6) is 0 Å². The number of hydrogen-bond acceptors (Lipinski definition) is 3. The van der Waals surface area contributed by atoms with Crippen molar-refractivity contribution in [3.63, 3.8) is 0 Å². The maximum atomic E-state index is 12.6. The zero-order valence-corrected chi connectivity index (χ0v) is 16.8. The lowest BCUT2D eigenvalue weighted by molar-refractivity contribution is 0.0948. The highest BCUT2D eigenvalue weighted by atomic mass is 16.1. The van der Waals surface area contributed by atoms with Crippen molar-refractivity contribution in [1.29, 1.82) is 0 Å². The second kappa shape index (κ2) is 7.43. The van der Waals surface area contributed by atoms with Crippen molar-refractivity contribution in [2.45, 2.75) is 40.0 Å². The van der Waals surface area contributed by atoms with E-state index in [0.717, 1.165) is 22.6 Å². The Morgan fingerprint density at radius 2 is 1.74 bits per heavy atom. The van der Waals surface area contributed by atoms with Crippen LogP contribution in [0, 0.1) is 13.8 Å². The summed E-state index contributed by atoms with van der Waals surface area (Å²) in [5.74, 6) is -0.101. The first-order valence-electron chi connectivity index (χ1n) is 9.33. The fourth-order valence-corrected chi connectivity index (χ4v) is 3.10. The molecule has 3 aromatic rings. The third kappa shape index (κ3) is 4.30. The second-order valence-electron chi connectivity index (χ2n) is 7.99. The minimum absolute atomic E-state index is 0.101. The van der Waals surface area contributed by atoms with Gasteiger partial charge in [0.1, 0.15) is 11.3 Å². The summed E-state index contributed by atoms with van der Waals surface area (Å²) >= 11 is 0. The highest BCUT2D eigenvalue weighted by Crippen LogP contribution is 2.23. The van der Waals surface area contributed by atoms with E-state index in [0.29, 0.717) is 18.8 Å². The van der Waals surface area contributed by atoms with Crippen LogP contribution in [0.1, 0.15) is 48.1 Å². The fourth-order valence-electron chi connectivity index (χ4n) is 3.10. The van der Waals surface area contributed by atoms with E-state index in [1.165, 1.54) is 5.56 Å². The van der Waals surface area contributed by atoms with Crippen LogP contribution in [0.3, 0.4) is 0 Å². The number of aryl methyl sites for hydroxylation is 2. The van der Waals surface area contributed by atoms with Crippen LogP contribution in [0.25, 0.3) is 5.65 Å². The Bertz CT molecular complexity index is 949. The molecule has 0 unspecified atom stereocenters. The van der Waals surface area contributed by atoms with E-state index in [-0.39, 0.29) is 11.3 Å². The molecule has 0 saturated carbocycles. The second-order valence-corrected chi connectivity index (χ2v) is 7.99. The molecular weight excluding hydrogens is 336 g/mol. The Morgan fingerprint density at radius 3 is 2.41 bits per heavy atom. The molecule has 0 fully saturated rings. The highest BCUT2D eigenvalue weighted by molar-refractivity contribution is 5.94. The molecule has 1 aromatic carbocycles. The largest absolute Gasteiger partial charge is 0.383 e. The molecule has 0 saturated heterocycles. The number of nitrogens with one attached hydrogen (secondary N) is 2. The Morgan fingerprint density at radius 1 is 1.04 bits per heavy atom. The molecule has 0 atom stereocenters. The van der Waals surface area contributed by atoms with Crippen molar-refractivity contribution in [2.75, 3.05) is 18.4 Å². The summed E-state index contributed by atoms with van der Waals surface area (Å²) in [6, 6.07) is 12.4. The Balaban J connectivity index is 1.57. The smallest absolute Gasteiger partial charge is 0.270 e. The number of benzene rings is 1. The molecule has 0 spiro atoms. The average Bonchev–Trinajstić information content (AvgIpc) is 2.93. The SMILES string of the molecule is Cc1ccc2nc(C)c(C(=O)NCCNc3ccc(C(C)(C)C)cc3)n2c1. The van der Waals surface area contributed by atoms with E-state index >= 15 is 0 Å². The number of pyridine rings is 1. The highest BCUT2D eigenvalue weighted by Gasteiger charge is 2.16. The molecule has 2 heterocycles. The van der Waals surface area contributed by atoms with E-state index in [9.17, 15) is 4.79 Å². The number of nitrogens with zero attached hydrogens (tertiary/aromatic N) is 2. The van der Waals surface area contributed by atoms with E-state index in [1.54, 1.807) is 0 Å². The summed E-state index contributed by atoms with van der Waals surface area (Å²) in [6.07, 6.45) is 1.94. The minimum atomic E-state index is -0.101. The zero-order chi connectivity index (χ0) is 19.6. The standard InChI is InChI=1S/C22H28N4O/c1-15-6-11-19-25-16(2)20(26(19)14-15)21(27)24-13-12-23-18-9-7-17(8-10-18)22(3,4)5/h6-11,14,23H,12-13H2,1-5H3,(H,24,27). The number of hydrogen-bond donors (Lipinski definition) is 2. The van der Waals surface area contributed by atoms with Crippen LogP contribution in [0.2, 0.25) is 0 Å². The van der Waals surface area contributed by atoms with Gasteiger partial charge in [0.25, 0.3) is 5.91 Å². The van der Waals surface area contributed by atoms with Gasteiger partial charge in [-0.2, -0.15) is 0 Å². The molecule has 27 heavy (non-hydrogen) atoms. The summed E-state index contributed by atoms with van der Waals surface area (Å²) in [5, 5.41) is 6.33. The lowest BCUT2D eigenvalue weighted by atomic mass is 9.87. The summed E-state index contributed by atoms with van der Waals surface area (Å²) in [7, 11) is 0. The number of imidazole rings is 1. The van der Waals surface area contributed by atoms with Crippen LogP contribution in [-0.4, -0.2) is 28.4 Å². The van der Waals surface area contributed by atoms with Crippen LogP contribution in [0.15, 0.2) is 42.6 Å². The van der Waals surface area contributed by atoms with Gasteiger partial charge in [0, 0.05) is 25.0 Å². The summed E-state index contributed by atoms with van der Waals surface area (Å²) < 4.78 is 1.86. The van der Waals surface area contributed by atoms with Gasteiger partial charge in [0.2, 0.25) is 0 Å². The number of fused-ring (bicyclic) bond motifs is 1. The molecule has 0 aliphatic rings. The molecular formula is C22H28N4O. The quantitative estimate of drug-likeness (QED) is 0.671. The maximum Gasteiger partial charge on any atom is 0.270 e. The predicted molar refractivity (Wildman–Crippen MR) is 111 cm³/mol. The van der Waals surface area contributed by atoms with Crippen molar-refractivity contribution in [1.82, 2.24) is 14.7 Å². The Labute approximate surface area is 160 Å². The molecule has 3 rings (SSSR count). The molecule has 2 N–H and O–H groups in total.